The van der Waals surface area contributed by atoms with Gasteiger partial charge < -0.3 is 5.73 Å². The van der Waals surface area contributed by atoms with E-state index in [1.165, 1.54) is 0 Å². The number of nitrogens with two attached hydrogens (primary N) is 1. The van der Waals surface area contributed by atoms with Gasteiger partial charge in [0.25, 0.3) is 0 Å². The Morgan fingerprint density at radius 3 is 2.76 bits per heavy atom. The average molecular weight is 225 g/mol. The van der Waals surface area contributed by atoms with Crippen molar-refractivity contribution in [1.29, 1.82) is 0 Å². The van der Waals surface area contributed by atoms with Gasteiger partial charge in [-0.2, -0.15) is 0 Å². The predicted molar refractivity (Wildman–Crippen MR) is 65.4 cm³/mol. The van der Waals surface area contributed by atoms with Crippen molar-refractivity contribution in [1.82, 2.24) is 19.6 Å². The number of pyridine rings is 2. The monoisotopic (exact) mass is 225 g/mol. The molecule has 0 fully saturated rings. The van der Waals surface area contributed by atoms with Gasteiger partial charge in [-0.1, -0.05) is 6.07 Å². The Labute approximate surface area is 97.9 Å². The quantitative estimate of drug-likeness (QED) is 0.684. The van der Waals surface area contributed by atoms with Gasteiger partial charge in [-0.15, -0.1) is 5.10 Å². The summed E-state index contributed by atoms with van der Waals surface area (Å²) >= 11 is 0. The van der Waals surface area contributed by atoms with E-state index in [4.69, 9.17) is 5.73 Å². The van der Waals surface area contributed by atoms with E-state index < -0.39 is 0 Å². The molecular formula is C12H11N5. The molecule has 84 valence electrons. The summed E-state index contributed by atoms with van der Waals surface area (Å²) in [6.45, 7) is 1.90. The normalized spacial score (nSPS) is 10.9. The molecule has 0 amide bonds. The third-order valence-electron chi connectivity index (χ3n) is 2.59. The van der Waals surface area contributed by atoms with E-state index in [-0.39, 0.29) is 0 Å². The van der Waals surface area contributed by atoms with E-state index in [0.29, 0.717) is 11.6 Å². The summed E-state index contributed by atoms with van der Waals surface area (Å²) in [5.41, 5.74) is 8.18. The lowest BCUT2D eigenvalue weighted by Gasteiger charge is -2.00. The lowest BCUT2D eigenvalue weighted by atomic mass is 10.2. The third kappa shape index (κ3) is 1.61. The van der Waals surface area contributed by atoms with Crippen molar-refractivity contribution in [3.8, 4) is 11.4 Å². The summed E-state index contributed by atoms with van der Waals surface area (Å²) < 4.78 is 1.74. The van der Waals surface area contributed by atoms with Crippen LogP contribution in [0.3, 0.4) is 0 Å². The summed E-state index contributed by atoms with van der Waals surface area (Å²) in [5.74, 6) is 1.18. The van der Waals surface area contributed by atoms with Crippen molar-refractivity contribution in [3.05, 3.63) is 42.2 Å². The molecule has 3 aromatic heterocycles. The minimum absolute atomic E-state index is 0.509. The largest absolute Gasteiger partial charge is 0.384 e. The van der Waals surface area contributed by atoms with Crippen molar-refractivity contribution < 1.29 is 0 Å². The molecule has 3 heterocycles. The number of aromatic nitrogens is 4. The standard InChI is InChI=1S/C12H11N5/c1-8-9(5-6-10(13)14-8)12-15-11-4-2-3-7-17(11)16-12/h2-7H,1H3,(H2,13,14). The lowest BCUT2D eigenvalue weighted by Crippen LogP contribution is -1.95. The summed E-state index contributed by atoms with van der Waals surface area (Å²) in [4.78, 5) is 8.65. The van der Waals surface area contributed by atoms with Crippen LogP contribution in [0.25, 0.3) is 17.0 Å². The Morgan fingerprint density at radius 1 is 1.12 bits per heavy atom. The molecular weight excluding hydrogens is 214 g/mol. The van der Waals surface area contributed by atoms with Crippen molar-refractivity contribution in [3.63, 3.8) is 0 Å². The first-order chi connectivity index (χ1) is 8.24. The molecule has 3 aromatic rings. The molecule has 17 heavy (non-hydrogen) atoms. The van der Waals surface area contributed by atoms with E-state index >= 15 is 0 Å². The minimum atomic E-state index is 0.509. The second-order valence-electron chi connectivity index (χ2n) is 3.81. The fourth-order valence-electron chi connectivity index (χ4n) is 1.76. The maximum absolute atomic E-state index is 5.62. The van der Waals surface area contributed by atoms with Gasteiger partial charge in [-0.25, -0.2) is 14.5 Å². The molecule has 0 bridgehead atoms. The number of anilines is 1. The maximum atomic E-state index is 5.62. The van der Waals surface area contributed by atoms with Crippen molar-refractivity contribution in [2.24, 2.45) is 0 Å². The zero-order valence-electron chi connectivity index (χ0n) is 9.33. The van der Waals surface area contributed by atoms with Crippen LogP contribution in [0.5, 0.6) is 0 Å². The maximum Gasteiger partial charge on any atom is 0.183 e. The molecule has 0 saturated heterocycles. The Morgan fingerprint density at radius 2 is 2.00 bits per heavy atom. The van der Waals surface area contributed by atoms with E-state index in [1.807, 2.05) is 37.4 Å². The average Bonchev–Trinajstić information content (AvgIpc) is 2.72. The Bertz CT molecular complexity index is 653. The van der Waals surface area contributed by atoms with Crippen LogP contribution in [0.4, 0.5) is 5.82 Å². The Balaban J connectivity index is 2.20. The smallest absolute Gasteiger partial charge is 0.183 e. The van der Waals surface area contributed by atoms with Gasteiger partial charge in [0, 0.05) is 11.8 Å². The van der Waals surface area contributed by atoms with Crippen molar-refractivity contribution >= 4 is 11.5 Å². The highest BCUT2D eigenvalue weighted by Gasteiger charge is 2.09. The summed E-state index contributed by atoms with van der Waals surface area (Å²) in [6, 6.07) is 9.42. The lowest BCUT2D eigenvalue weighted by molar-refractivity contribution is 0.963. The van der Waals surface area contributed by atoms with Crippen LogP contribution in [-0.4, -0.2) is 19.6 Å². The summed E-state index contributed by atoms with van der Waals surface area (Å²) in [6.07, 6.45) is 1.87. The third-order valence-corrected chi connectivity index (χ3v) is 2.59. The molecule has 0 aliphatic rings. The van der Waals surface area contributed by atoms with E-state index in [1.54, 1.807) is 10.6 Å². The number of nitrogen functional groups attached to an aromatic ring is 1. The molecule has 0 radical (unpaired) electrons. The summed E-state index contributed by atoms with van der Waals surface area (Å²) in [5, 5.41) is 4.40. The summed E-state index contributed by atoms with van der Waals surface area (Å²) in [7, 11) is 0. The fraction of sp³-hybridized carbons (Fsp3) is 0.0833. The first-order valence-electron chi connectivity index (χ1n) is 5.29. The number of rotatable bonds is 1. The van der Waals surface area contributed by atoms with Gasteiger partial charge in [-0.05, 0) is 31.2 Å². The van der Waals surface area contributed by atoms with Gasteiger partial charge in [0.2, 0.25) is 0 Å². The number of hydrogen-bond acceptors (Lipinski definition) is 4. The van der Waals surface area contributed by atoms with Gasteiger partial charge in [0.05, 0.1) is 5.69 Å². The van der Waals surface area contributed by atoms with Crippen molar-refractivity contribution in [2.45, 2.75) is 6.92 Å². The molecule has 2 N–H and O–H groups in total. The fourth-order valence-corrected chi connectivity index (χ4v) is 1.76. The van der Waals surface area contributed by atoms with Gasteiger partial charge in [-0.3, -0.25) is 0 Å². The van der Waals surface area contributed by atoms with Crippen LogP contribution in [0, 0.1) is 6.92 Å². The molecule has 3 rings (SSSR count). The second-order valence-corrected chi connectivity index (χ2v) is 3.81. The first-order valence-corrected chi connectivity index (χ1v) is 5.29. The first kappa shape index (κ1) is 9.77. The molecule has 5 nitrogen and oxygen atoms in total. The number of aryl methyl sites for hydroxylation is 1. The molecule has 5 heteroatoms. The van der Waals surface area contributed by atoms with Crippen LogP contribution >= 0.6 is 0 Å². The van der Waals surface area contributed by atoms with Crippen LogP contribution in [-0.2, 0) is 0 Å². The SMILES string of the molecule is Cc1nc(N)ccc1-c1nc2ccccn2n1. The number of fused-ring (bicyclic) bond motifs is 1. The van der Waals surface area contributed by atoms with Crippen LogP contribution < -0.4 is 5.73 Å². The van der Waals surface area contributed by atoms with E-state index in [0.717, 1.165) is 16.9 Å². The topological polar surface area (TPSA) is 69.1 Å². The molecule has 0 unspecified atom stereocenters. The molecule has 0 atom stereocenters. The van der Waals surface area contributed by atoms with E-state index in [2.05, 4.69) is 15.1 Å². The van der Waals surface area contributed by atoms with Gasteiger partial charge >= 0.3 is 0 Å². The number of nitrogens with zero attached hydrogens (tertiary/aromatic N) is 4. The number of hydrogen-bond donors (Lipinski definition) is 1. The highest BCUT2D eigenvalue weighted by molar-refractivity contribution is 5.61. The van der Waals surface area contributed by atoms with Crippen LogP contribution in [0.15, 0.2) is 36.5 Å². The molecule has 0 saturated carbocycles. The molecule has 0 aliphatic heterocycles. The highest BCUT2D eigenvalue weighted by atomic mass is 15.3. The predicted octanol–water partition coefficient (Wildman–Crippen LogP) is 1.68. The second kappa shape index (κ2) is 3.55. The zero-order chi connectivity index (χ0) is 11.8. The van der Waals surface area contributed by atoms with Crippen LogP contribution in [0.2, 0.25) is 0 Å². The van der Waals surface area contributed by atoms with Crippen molar-refractivity contribution in [2.75, 3.05) is 5.73 Å². The molecule has 0 spiro atoms. The Hall–Kier alpha value is -2.43. The highest BCUT2D eigenvalue weighted by Crippen LogP contribution is 2.20. The minimum Gasteiger partial charge on any atom is -0.384 e. The van der Waals surface area contributed by atoms with E-state index in [9.17, 15) is 0 Å². The van der Waals surface area contributed by atoms with Crippen LogP contribution in [0.1, 0.15) is 5.69 Å². The molecule has 0 aromatic carbocycles. The Kier molecular flexibility index (Phi) is 2.04. The van der Waals surface area contributed by atoms with Gasteiger partial charge in [0.1, 0.15) is 5.82 Å². The molecule has 0 aliphatic carbocycles. The van der Waals surface area contributed by atoms with Gasteiger partial charge in [0.15, 0.2) is 11.5 Å². The zero-order valence-corrected chi connectivity index (χ0v) is 9.33.